The molecule has 0 radical (unpaired) electrons. The van der Waals surface area contributed by atoms with Crippen LogP contribution >= 0.6 is 12.2 Å². The molecule has 1 fully saturated rings. The van der Waals surface area contributed by atoms with Crippen LogP contribution in [0.1, 0.15) is 20.3 Å². The lowest BCUT2D eigenvalue weighted by Crippen LogP contribution is -2.03. The molecule has 17 heavy (non-hydrogen) atoms. The highest BCUT2D eigenvalue weighted by Gasteiger charge is 2.45. The van der Waals surface area contributed by atoms with Gasteiger partial charge >= 0.3 is 0 Å². The number of H-pyrrole nitrogens is 1. The highest BCUT2D eigenvalue weighted by Crippen LogP contribution is 2.52. The predicted molar refractivity (Wildman–Crippen MR) is 69.0 cm³/mol. The summed E-state index contributed by atoms with van der Waals surface area (Å²) in [6.07, 6.45) is 1.22. The quantitative estimate of drug-likeness (QED) is 0.802. The van der Waals surface area contributed by atoms with Gasteiger partial charge in [-0.3, -0.25) is 0 Å². The van der Waals surface area contributed by atoms with E-state index in [2.05, 4.69) is 18.8 Å². The molecule has 1 atom stereocenters. The van der Waals surface area contributed by atoms with Gasteiger partial charge in [0.25, 0.3) is 0 Å². The molecule has 1 aliphatic carbocycles. The van der Waals surface area contributed by atoms with E-state index in [1.165, 1.54) is 12.5 Å². The van der Waals surface area contributed by atoms with Crippen molar-refractivity contribution < 1.29 is 4.39 Å². The molecule has 3 rings (SSSR count). The molecule has 1 unspecified atom stereocenters. The molecular formula is C13H15FN2S. The van der Waals surface area contributed by atoms with E-state index in [-0.39, 0.29) is 5.82 Å². The van der Waals surface area contributed by atoms with Gasteiger partial charge in [0.05, 0.1) is 11.0 Å². The van der Waals surface area contributed by atoms with E-state index in [0.29, 0.717) is 16.1 Å². The zero-order valence-corrected chi connectivity index (χ0v) is 10.8. The zero-order valence-electron chi connectivity index (χ0n) is 9.96. The minimum absolute atomic E-state index is 0.213. The van der Waals surface area contributed by atoms with Gasteiger partial charge in [0, 0.05) is 6.54 Å². The Bertz CT molecular complexity index is 638. The minimum atomic E-state index is -0.213. The van der Waals surface area contributed by atoms with Gasteiger partial charge in [-0.1, -0.05) is 13.8 Å². The molecule has 90 valence electrons. The summed E-state index contributed by atoms with van der Waals surface area (Å²) >= 11 is 5.30. The third-order valence-electron chi connectivity index (χ3n) is 3.86. The number of benzene rings is 1. The normalized spacial score (nSPS) is 21.9. The van der Waals surface area contributed by atoms with Gasteiger partial charge in [-0.15, -0.1) is 0 Å². The standard InChI is InChI=1S/C13H15FN2S/c1-13(2)6-8(13)7-16-11-5-9(14)3-4-10(11)15-12(16)17/h3-5,8H,6-7H2,1-2H3,(H,15,17). The number of rotatable bonds is 2. The molecule has 0 spiro atoms. The van der Waals surface area contributed by atoms with Gasteiger partial charge < -0.3 is 9.55 Å². The van der Waals surface area contributed by atoms with Crippen LogP contribution in [-0.4, -0.2) is 9.55 Å². The SMILES string of the molecule is CC1(C)CC1Cn1c(=S)[nH]c2ccc(F)cc21. The molecule has 0 saturated heterocycles. The maximum atomic E-state index is 13.3. The summed E-state index contributed by atoms with van der Waals surface area (Å²) in [5, 5.41) is 0. The van der Waals surface area contributed by atoms with Crippen LogP contribution in [-0.2, 0) is 6.54 Å². The Morgan fingerprint density at radius 1 is 1.53 bits per heavy atom. The summed E-state index contributed by atoms with van der Waals surface area (Å²) in [5.41, 5.74) is 2.19. The fourth-order valence-corrected chi connectivity index (χ4v) is 2.70. The lowest BCUT2D eigenvalue weighted by Gasteiger charge is -2.06. The first-order chi connectivity index (χ1) is 7.97. The molecule has 1 saturated carbocycles. The van der Waals surface area contributed by atoms with Crippen LogP contribution in [0.5, 0.6) is 0 Å². The highest BCUT2D eigenvalue weighted by atomic mass is 32.1. The number of hydrogen-bond donors (Lipinski definition) is 1. The third kappa shape index (κ3) is 1.80. The van der Waals surface area contributed by atoms with Crippen LogP contribution in [0.15, 0.2) is 18.2 Å². The first-order valence-corrected chi connectivity index (χ1v) is 6.26. The summed E-state index contributed by atoms with van der Waals surface area (Å²) in [5.74, 6) is 0.437. The number of halogens is 1. The van der Waals surface area contributed by atoms with Gasteiger partial charge in [-0.05, 0) is 48.2 Å². The predicted octanol–water partition coefficient (Wildman–Crippen LogP) is 3.88. The Morgan fingerprint density at radius 2 is 2.24 bits per heavy atom. The van der Waals surface area contributed by atoms with Gasteiger partial charge in [-0.2, -0.15) is 0 Å². The van der Waals surface area contributed by atoms with E-state index in [4.69, 9.17) is 12.2 Å². The van der Waals surface area contributed by atoms with Crippen LogP contribution < -0.4 is 0 Å². The van der Waals surface area contributed by atoms with E-state index in [9.17, 15) is 4.39 Å². The summed E-state index contributed by atoms with van der Waals surface area (Å²) in [4.78, 5) is 3.13. The number of nitrogens with zero attached hydrogens (tertiary/aromatic N) is 1. The lowest BCUT2D eigenvalue weighted by molar-refractivity contribution is 0.501. The topological polar surface area (TPSA) is 20.7 Å². The molecule has 0 amide bonds. The van der Waals surface area contributed by atoms with Crippen molar-refractivity contribution in [1.82, 2.24) is 9.55 Å². The summed E-state index contributed by atoms with van der Waals surface area (Å²) < 4.78 is 16.0. The second-order valence-corrected chi connectivity index (χ2v) is 5.98. The van der Waals surface area contributed by atoms with Gasteiger partial charge in [0.2, 0.25) is 0 Å². The van der Waals surface area contributed by atoms with Crippen LogP contribution in [0.25, 0.3) is 11.0 Å². The maximum Gasteiger partial charge on any atom is 0.178 e. The van der Waals surface area contributed by atoms with Crippen molar-refractivity contribution in [2.75, 3.05) is 0 Å². The first kappa shape index (κ1) is 11.0. The minimum Gasteiger partial charge on any atom is -0.331 e. The molecule has 0 bridgehead atoms. The molecule has 2 nitrogen and oxygen atoms in total. The fraction of sp³-hybridized carbons (Fsp3) is 0.462. The Labute approximate surface area is 104 Å². The summed E-state index contributed by atoms with van der Waals surface area (Å²) in [7, 11) is 0. The summed E-state index contributed by atoms with van der Waals surface area (Å²) in [6.45, 7) is 5.41. The first-order valence-electron chi connectivity index (χ1n) is 5.85. The molecule has 1 aliphatic rings. The van der Waals surface area contributed by atoms with Gasteiger partial charge in [-0.25, -0.2) is 4.39 Å². The van der Waals surface area contributed by atoms with Crippen LogP contribution in [0.4, 0.5) is 4.39 Å². The van der Waals surface area contributed by atoms with Crippen LogP contribution in [0, 0.1) is 21.9 Å². The van der Waals surface area contributed by atoms with Gasteiger partial charge in [0.1, 0.15) is 5.82 Å². The number of fused-ring (bicyclic) bond motifs is 1. The maximum absolute atomic E-state index is 13.3. The van der Waals surface area contributed by atoms with Crippen molar-refractivity contribution in [3.8, 4) is 0 Å². The Balaban J connectivity index is 2.06. The fourth-order valence-electron chi connectivity index (χ4n) is 2.42. The second kappa shape index (κ2) is 3.42. The van der Waals surface area contributed by atoms with E-state index >= 15 is 0 Å². The van der Waals surface area contributed by atoms with Crippen molar-refractivity contribution in [2.45, 2.75) is 26.8 Å². The number of aromatic nitrogens is 2. The Hall–Kier alpha value is -1.16. The average Bonchev–Trinajstić information content (AvgIpc) is 2.73. The molecule has 1 aromatic carbocycles. The molecule has 1 aromatic heterocycles. The molecule has 4 heteroatoms. The van der Waals surface area contributed by atoms with Crippen LogP contribution in [0.2, 0.25) is 0 Å². The number of hydrogen-bond acceptors (Lipinski definition) is 1. The van der Waals surface area contributed by atoms with Crippen LogP contribution in [0.3, 0.4) is 0 Å². The van der Waals surface area contributed by atoms with E-state index in [1.54, 1.807) is 12.1 Å². The van der Waals surface area contributed by atoms with Crippen molar-refractivity contribution in [2.24, 2.45) is 11.3 Å². The number of aromatic amines is 1. The third-order valence-corrected chi connectivity index (χ3v) is 4.18. The number of nitrogens with one attached hydrogen (secondary N) is 1. The van der Waals surface area contributed by atoms with Crippen molar-refractivity contribution in [1.29, 1.82) is 0 Å². The molecule has 0 aliphatic heterocycles. The molecule has 1 heterocycles. The Morgan fingerprint density at radius 3 is 2.88 bits per heavy atom. The second-order valence-electron chi connectivity index (χ2n) is 5.59. The number of imidazole rings is 1. The van der Waals surface area contributed by atoms with Crippen molar-refractivity contribution in [3.05, 3.63) is 28.8 Å². The highest BCUT2D eigenvalue weighted by molar-refractivity contribution is 7.71. The van der Waals surface area contributed by atoms with Gasteiger partial charge in [0.15, 0.2) is 4.77 Å². The Kier molecular flexibility index (Phi) is 2.20. The molecule has 1 N–H and O–H groups in total. The largest absolute Gasteiger partial charge is 0.331 e. The van der Waals surface area contributed by atoms with Crippen molar-refractivity contribution >= 4 is 23.3 Å². The summed E-state index contributed by atoms with van der Waals surface area (Å²) in [6, 6.07) is 4.75. The average molecular weight is 250 g/mol. The van der Waals surface area contributed by atoms with E-state index in [1.807, 2.05) is 4.57 Å². The molecular weight excluding hydrogens is 235 g/mol. The van der Waals surface area contributed by atoms with E-state index < -0.39 is 0 Å². The smallest absolute Gasteiger partial charge is 0.178 e. The lowest BCUT2D eigenvalue weighted by atomic mass is 10.1. The van der Waals surface area contributed by atoms with E-state index in [0.717, 1.165) is 17.6 Å². The van der Waals surface area contributed by atoms with Crippen molar-refractivity contribution in [3.63, 3.8) is 0 Å². The molecule has 2 aromatic rings. The zero-order chi connectivity index (χ0) is 12.2. The monoisotopic (exact) mass is 250 g/mol.